The number of carbonyl (C=O) groups excluding carboxylic acids is 2. The summed E-state index contributed by atoms with van der Waals surface area (Å²) in [5.74, 6) is -1.18. The van der Waals surface area contributed by atoms with E-state index >= 15 is 0 Å². The van der Waals surface area contributed by atoms with Crippen LogP contribution in [0.5, 0.6) is 0 Å². The molecular formula is C26H25ClFN3O4S. The molecule has 0 N–H and O–H groups in total. The molecule has 3 aromatic rings. The lowest BCUT2D eigenvalue weighted by Crippen LogP contribution is -2.52. The Morgan fingerprint density at radius 3 is 2.19 bits per heavy atom. The van der Waals surface area contributed by atoms with E-state index < -0.39 is 15.7 Å². The van der Waals surface area contributed by atoms with Crippen LogP contribution in [0.4, 0.5) is 15.8 Å². The highest BCUT2D eigenvalue weighted by atomic mass is 35.5. The number of amides is 2. The van der Waals surface area contributed by atoms with Crippen LogP contribution in [-0.4, -0.2) is 64.1 Å². The first kappa shape index (κ1) is 25.7. The summed E-state index contributed by atoms with van der Waals surface area (Å²) in [4.78, 5) is 31.3. The minimum absolute atomic E-state index is 0.0777. The van der Waals surface area contributed by atoms with E-state index in [0.717, 1.165) is 12.3 Å². The molecule has 1 fully saturated rings. The number of carbonyl (C=O) groups is 2. The normalized spacial score (nSPS) is 14.0. The van der Waals surface area contributed by atoms with Crippen LogP contribution in [0.1, 0.15) is 10.4 Å². The quantitative estimate of drug-likeness (QED) is 0.484. The topological polar surface area (TPSA) is 78.0 Å². The fraction of sp³-hybridized carbons (Fsp3) is 0.231. The second kappa shape index (κ2) is 10.7. The first-order chi connectivity index (χ1) is 17.1. The van der Waals surface area contributed by atoms with Gasteiger partial charge in [-0.05, 0) is 54.6 Å². The molecule has 36 heavy (non-hydrogen) atoms. The van der Waals surface area contributed by atoms with E-state index in [1.165, 1.54) is 17.0 Å². The number of benzene rings is 3. The zero-order chi connectivity index (χ0) is 25.9. The number of para-hydroxylation sites is 1. The summed E-state index contributed by atoms with van der Waals surface area (Å²) in [5, 5.41) is 0.506. The lowest BCUT2D eigenvalue weighted by Gasteiger charge is -2.37. The average Bonchev–Trinajstić information content (AvgIpc) is 2.87. The highest BCUT2D eigenvalue weighted by molar-refractivity contribution is 7.90. The predicted octanol–water partition coefficient (Wildman–Crippen LogP) is 3.88. The van der Waals surface area contributed by atoms with Crippen LogP contribution in [0.3, 0.4) is 0 Å². The lowest BCUT2D eigenvalue weighted by molar-refractivity contribution is -0.129. The van der Waals surface area contributed by atoms with Gasteiger partial charge < -0.3 is 9.80 Å². The van der Waals surface area contributed by atoms with Gasteiger partial charge in [0, 0.05) is 48.7 Å². The van der Waals surface area contributed by atoms with Gasteiger partial charge >= 0.3 is 0 Å². The predicted molar refractivity (Wildman–Crippen MR) is 138 cm³/mol. The minimum atomic E-state index is -3.63. The van der Waals surface area contributed by atoms with Gasteiger partial charge in [0.05, 0.1) is 10.6 Å². The Kier molecular flexibility index (Phi) is 7.61. The van der Waals surface area contributed by atoms with Crippen molar-refractivity contribution >= 4 is 44.6 Å². The zero-order valence-corrected chi connectivity index (χ0v) is 21.2. The first-order valence-electron chi connectivity index (χ1n) is 11.3. The summed E-state index contributed by atoms with van der Waals surface area (Å²) < 4.78 is 38.1. The van der Waals surface area contributed by atoms with Crippen molar-refractivity contribution in [3.63, 3.8) is 0 Å². The van der Waals surface area contributed by atoms with Crippen molar-refractivity contribution in [1.29, 1.82) is 0 Å². The van der Waals surface area contributed by atoms with Gasteiger partial charge in [-0.2, -0.15) is 0 Å². The van der Waals surface area contributed by atoms with E-state index in [4.69, 9.17) is 11.6 Å². The number of anilines is 2. The van der Waals surface area contributed by atoms with Crippen molar-refractivity contribution < 1.29 is 22.4 Å². The third-order valence-electron chi connectivity index (χ3n) is 5.99. The summed E-state index contributed by atoms with van der Waals surface area (Å²) in [6.45, 7) is 1.25. The van der Waals surface area contributed by atoms with Gasteiger partial charge in [0.15, 0.2) is 9.84 Å². The second-order valence-electron chi connectivity index (χ2n) is 8.49. The molecule has 1 heterocycles. The third kappa shape index (κ3) is 5.85. The van der Waals surface area contributed by atoms with Gasteiger partial charge in [-0.15, -0.1) is 0 Å². The molecule has 0 saturated carbocycles. The lowest BCUT2D eigenvalue weighted by atomic mass is 10.1. The number of halogens is 2. The standard InChI is InChI=1S/C26H25ClFN3O4S/c1-36(34,35)24-17-21(28)11-12-23(24)29-13-15-30(16-14-29)25(32)18-31(22-5-3-2-4-6-22)26(33)19-7-9-20(27)10-8-19/h2-12,17H,13-16,18H2,1H3. The summed E-state index contributed by atoms with van der Waals surface area (Å²) >= 11 is 5.96. The highest BCUT2D eigenvalue weighted by Crippen LogP contribution is 2.27. The summed E-state index contributed by atoms with van der Waals surface area (Å²) in [5.41, 5.74) is 1.41. The van der Waals surface area contributed by atoms with E-state index in [0.29, 0.717) is 48.1 Å². The molecule has 3 aromatic carbocycles. The molecule has 0 atom stereocenters. The Hall–Kier alpha value is -3.43. The summed E-state index contributed by atoms with van der Waals surface area (Å²) in [6.07, 6.45) is 1.04. The molecule has 2 amide bonds. The largest absolute Gasteiger partial charge is 0.367 e. The molecule has 0 aromatic heterocycles. The molecule has 0 spiro atoms. The molecule has 0 bridgehead atoms. The Balaban J connectivity index is 1.49. The van der Waals surface area contributed by atoms with Crippen molar-refractivity contribution in [1.82, 2.24) is 4.90 Å². The highest BCUT2D eigenvalue weighted by Gasteiger charge is 2.28. The van der Waals surface area contributed by atoms with Crippen LogP contribution in [0, 0.1) is 5.82 Å². The molecule has 1 aliphatic heterocycles. The third-order valence-corrected chi connectivity index (χ3v) is 7.37. The van der Waals surface area contributed by atoms with Crippen LogP contribution >= 0.6 is 11.6 Å². The number of hydrogen-bond acceptors (Lipinski definition) is 5. The molecule has 0 aliphatic carbocycles. The number of piperazine rings is 1. The van der Waals surface area contributed by atoms with Crippen molar-refractivity contribution in [2.75, 3.05) is 48.8 Å². The molecule has 7 nitrogen and oxygen atoms in total. The van der Waals surface area contributed by atoms with Gasteiger partial charge in [-0.3, -0.25) is 14.5 Å². The van der Waals surface area contributed by atoms with Crippen LogP contribution in [0.25, 0.3) is 0 Å². The van der Waals surface area contributed by atoms with Crippen LogP contribution in [0.2, 0.25) is 5.02 Å². The SMILES string of the molecule is CS(=O)(=O)c1cc(F)ccc1N1CCN(C(=O)CN(C(=O)c2ccc(Cl)cc2)c2ccccc2)CC1. The number of sulfone groups is 1. The average molecular weight is 530 g/mol. The summed E-state index contributed by atoms with van der Waals surface area (Å²) in [6, 6.07) is 19.1. The number of nitrogens with zero attached hydrogens (tertiary/aromatic N) is 3. The molecule has 0 unspecified atom stereocenters. The van der Waals surface area contributed by atoms with E-state index in [1.807, 2.05) is 11.0 Å². The Labute approximate surface area is 214 Å². The summed E-state index contributed by atoms with van der Waals surface area (Å²) in [7, 11) is -3.63. The zero-order valence-electron chi connectivity index (χ0n) is 19.6. The molecule has 10 heteroatoms. The number of hydrogen-bond donors (Lipinski definition) is 0. The van der Waals surface area contributed by atoms with Gasteiger partial charge in [-0.1, -0.05) is 29.8 Å². The Bertz CT molecular complexity index is 1360. The fourth-order valence-electron chi connectivity index (χ4n) is 4.11. The molecule has 188 valence electrons. The van der Waals surface area contributed by atoms with E-state index in [2.05, 4.69) is 0 Å². The van der Waals surface area contributed by atoms with E-state index in [9.17, 15) is 22.4 Å². The molecule has 1 saturated heterocycles. The van der Waals surface area contributed by atoms with Crippen LogP contribution in [0.15, 0.2) is 77.7 Å². The maximum atomic E-state index is 13.7. The Morgan fingerprint density at radius 2 is 1.58 bits per heavy atom. The Morgan fingerprint density at radius 1 is 0.944 bits per heavy atom. The molecular weight excluding hydrogens is 505 g/mol. The minimum Gasteiger partial charge on any atom is -0.367 e. The monoisotopic (exact) mass is 529 g/mol. The van der Waals surface area contributed by atoms with Crippen molar-refractivity contribution in [3.8, 4) is 0 Å². The fourth-order valence-corrected chi connectivity index (χ4v) is 5.14. The maximum Gasteiger partial charge on any atom is 0.258 e. The van der Waals surface area contributed by atoms with E-state index in [1.54, 1.807) is 53.4 Å². The second-order valence-corrected chi connectivity index (χ2v) is 10.9. The van der Waals surface area contributed by atoms with E-state index in [-0.39, 0.29) is 23.3 Å². The smallest absolute Gasteiger partial charge is 0.258 e. The molecule has 4 rings (SSSR count). The maximum absolute atomic E-state index is 13.7. The molecule has 0 radical (unpaired) electrons. The number of rotatable bonds is 6. The van der Waals surface area contributed by atoms with Crippen molar-refractivity contribution in [3.05, 3.63) is 89.2 Å². The molecule has 1 aliphatic rings. The van der Waals surface area contributed by atoms with Gasteiger partial charge in [0.1, 0.15) is 12.4 Å². The van der Waals surface area contributed by atoms with Gasteiger partial charge in [-0.25, -0.2) is 12.8 Å². The van der Waals surface area contributed by atoms with Crippen molar-refractivity contribution in [2.24, 2.45) is 0 Å². The van der Waals surface area contributed by atoms with Crippen LogP contribution in [-0.2, 0) is 14.6 Å². The van der Waals surface area contributed by atoms with Crippen LogP contribution < -0.4 is 9.80 Å². The first-order valence-corrected chi connectivity index (χ1v) is 13.6. The van der Waals surface area contributed by atoms with Gasteiger partial charge in [0.2, 0.25) is 5.91 Å². The van der Waals surface area contributed by atoms with Gasteiger partial charge in [0.25, 0.3) is 5.91 Å². The van der Waals surface area contributed by atoms with Crippen molar-refractivity contribution in [2.45, 2.75) is 4.90 Å².